The number of hydrogen-bond acceptors (Lipinski definition) is 2. The molecule has 0 amide bonds. The SMILES string of the molecule is Cc1cc(C(=O)CN2CCC(C)(C)C2)c(C)[nH]1. The Bertz CT molecular complexity index is 431. The van der Waals surface area contributed by atoms with E-state index in [2.05, 4.69) is 23.7 Å². The highest BCUT2D eigenvalue weighted by Gasteiger charge is 2.30. The van der Waals surface area contributed by atoms with Crippen LogP contribution in [0.5, 0.6) is 0 Å². The molecule has 0 atom stereocenters. The number of likely N-dealkylation sites (tertiary alicyclic amines) is 1. The number of nitrogens with zero attached hydrogens (tertiary/aromatic N) is 1. The number of nitrogens with one attached hydrogen (secondary N) is 1. The molecular weight excluding hydrogens is 212 g/mol. The second-order valence-electron chi connectivity index (χ2n) is 6.04. The molecule has 17 heavy (non-hydrogen) atoms. The molecule has 2 heterocycles. The molecule has 0 unspecified atom stereocenters. The van der Waals surface area contributed by atoms with Gasteiger partial charge in [-0.1, -0.05) is 13.8 Å². The van der Waals surface area contributed by atoms with Crippen LogP contribution < -0.4 is 0 Å². The number of Topliss-reactive ketones (excluding diaryl/α,β-unsaturated/α-hetero) is 1. The van der Waals surface area contributed by atoms with Gasteiger partial charge in [-0.15, -0.1) is 0 Å². The number of aromatic amines is 1. The Morgan fingerprint density at radius 3 is 2.65 bits per heavy atom. The zero-order valence-electron chi connectivity index (χ0n) is 11.3. The fourth-order valence-corrected chi connectivity index (χ4v) is 2.66. The van der Waals surface area contributed by atoms with E-state index < -0.39 is 0 Å². The van der Waals surface area contributed by atoms with Crippen LogP contribution in [0.4, 0.5) is 0 Å². The number of H-pyrrole nitrogens is 1. The summed E-state index contributed by atoms with van der Waals surface area (Å²) in [5.74, 6) is 0.240. The van der Waals surface area contributed by atoms with E-state index in [4.69, 9.17) is 0 Å². The first-order valence-corrected chi connectivity index (χ1v) is 6.29. The molecular formula is C14H22N2O. The van der Waals surface area contributed by atoms with Crippen molar-refractivity contribution in [3.05, 3.63) is 23.0 Å². The van der Waals surface area contributed by atoms with Crippen LogP contribution >= 0.6 is 0 Å². The Hall–Kier alpha value is -1.09. The van der Waals surface area contributed by atoms with E-state index >= 15 is 0 Å². The van der Waals surface area contributed by atoms with Crippen molar-refractivity contribution in [2.45, 2.75) is 34.1 Å². The lowest BCUT2D eigenvalue weighted by Gasteiger charge is -2.18. The van der Waals surface area contributed by atoms with Gasteiger partial charge in [-0.25, -0.2) is 0 Å². The highest BCUT2D eigenvalue weighted by Crippen LogP contribution is 2.28. The van der Waals surface area contributed by atoms with Crippen molar-refractivity contribution in [2.75, 3.05) is 19.6 Å². The van der Waals surface area contributed by atoms with Crippen LogP contribution in [0.15, 0.2) is 6.07 Å². The largest absolute Gasteiger partial charge is 0.362 e. The van der Waals surface area contributed by atoms with Crippen LogP contribution in [0.25, 0.3) is 0 Å². The maximum Gasteiger partial charge on any atom is 0.178 e. The summed E-state index contributed by atoms with van der Waals surface area (Å²) < 4.78 is 0. The number of hydrogen-bond donors (Lipinski definition) is 1. The van der Waals surface area contributed by atoms with E-state index in [-0.39, 0.29) is 5.78 Å². The predicted molar refractivity (Wildman–Crippen MR) is 69.4 cm³/mol. The molecule has 1 aromatic heterocycles. The average molecular weight is 234 g/mol. The van der Waals surface area contributed by atoms with Gasteiger partial charge in [0, 0.05) is 23.5 Å². The summed E-state index contributed by atoms with van der Waals surface area (Å²) in [7, 11) is 0. The van der Waals surface area contributed by atoms with Crippen LogP contribution in [-0.4, -0.2) is 35.3 Å². The first-order valence-electron chi connectivity index (χ1n) is 6.29. The van der Waals surface area contributed by atoms with Gasteiger partial charge in [-0.05, 0) is 38.3 Å². The quantitative estimate of drug-likeness (QED) is 0.816. The highest BCUT2D eigenvalue weighted by atomic mass is 16.1. The topological polar surface area (TPSA) is 36.1 Å². The molecule has 0 aromatic carbocycles. The predicted octanol–water partition coefficient (Wildman–Crippen LogP) is 2.55. The summed E-state index contributed by atoms with van der Waals surface area (Å²) in [6, 6.07) is 1.96. The van der Waals surface area contributed by atoms with Crippen molar-refractivity contribution in [3.8, 4) is 0 Å². The van der Waals surface area contributed by atoms with Gasteiger partial charge in [0.1, 0.15) is 0 Å². The van der Waals surface area contributed by atoms with E-state index in [1.807, 2.05) is 19.9 Å². The van der Waals surface area contributed by atoms with Crippen molar-refractivity contribution in [2.24, 2.45) is 5.41 Å². The molecule has 94 valence electrons. The maximum atomic E-state index is 12.2. The average Bonchev–Trinajstić information content (AvgIpc) is 2.69. The van der Waals surface area contributed by atoms with Gasteiger partial charge in [0.05, 0.1) is 6.54 Å². The Morgan fingerprint density at radius 1 is 1.47 bits per heavy atom. The fourth-order valence-electron chi connectivity index (χ4n) is 2.66. The van der Waals surface area contributed by atoms with Crippen LogP contribution in [0, 0.1) is 19.3 Å². The molecule has 3 nitrogen and oxygen atoms in total. The van der Waals surface area contributed by atoms with Crippen molar-refractivity contribution < 1.29 is 4.79 Å². The molecule has 0 saturated carbocycles. The number of aryl methyl sites for hydroxylation is 2. The summed E-state index contributed by atoms with van der Waals surface area (Å²) in [5, 5.41) is 0. The fraction of sp³-hybridized carbons (Fsp3) is 0.643. The van der Waals surface area contributed by atoms with Crippen molar-refractivity contribution >= 4 is 5.78 Å². The van der Waals surface area contributed by atoms with E-state index in [9.17, 15) is 4.79 Å². The lowest BCUT2D eigenvalue weighted by Crippen LogP contribution is -2.29. The molecule has 0 radical (unpaired) electrons. The number of carbonyl (C=O) groups is 1. The summed E-state index contributed by atoms with van der Waals surface area (Å²) in [4.78, 5) is 17.6. The van der Waals surface area contributed by atoms with E-state index in [1.54, 1.807) is 0 Å². The zero-order valence-corrected chi connectivity index (χ0v) is 11.3. The summed E-state index contributed by atoms with van der Waals surface area (Å²) >= 11 is 0. The molecule has 1 saturated heterocycles. The number of ketones is 1. The lowest BCUT2D eigenvalue weighted by atomic mass is 9.93. The third-order valence-corrected chi connectivity index (χ3v) is 3.57. The van der Waals surface area contributed by atoms with Crippen LogP contribution in [0.1, 0.15) is 42.0 Å². The Balaban J connectivity index is 2.01. The van der Waals surface area contributed by atoms with Crippen molar-refractivity contribution in [1.29, 1.82) is 0 Å². The standard InChI is InChI=1S/C14H22N2O/c1-10-7-12(11(2)15-10)13(17)8-16-6-5-14(3,4)9-16/h7,15H,5-6,8-9H2,1-4H3. The van der Waals surface area contributed by atoms with E-state index in [1.165, 1.54) is 6.42 Å². The van der Waals surface area contributed by atoms with Gasteiger partial charge in [-0.3, -0.25) is 9.69 Å². The normalized spacial score (nSPS) is 19.8. The Kier molecular flexibility index (Phi) is 3.13. The third-order valence-electron chi connectivity index (χ3n) is 3.57. The third kappa shape index (κ3) is 2.78. The lowest BCUT2D eigenvalue weighted by molar-refractivity contribution is 0.0940. The number of carbonyl (C=O) groups excluding carboxylic acids is 1. The van der Waals surface area contributed by atoms with Gasteiger partial charge in [0.15, 0.2) is 5.78 Å². The van der Waals surface area contributed by atoms with Crippen molar-refractivity contribution in [1.82, 2.24) is 9.88 Å². The van der Waals surface area contributed by atoms with Crippen molar-refractivity contribution in [3.63, 3.8) is 0 Å². The number of rotatable bonds is 3. The summed E-state index contributed by atoms with van der Waals surface area (Å²) in [6.07, 6.45) is 1.19. The van der Waals surface area contributed by atoms with Gasteiger partial charge >= 0.3 is 0 Å². The molecule has 1 aliphatic rings. The molecule has 1 aliphatic heterocycles. The molecule has 0 aliphatic carbocycles. The highest BCUT2D eigenvalue weighted by molar-refractivity contribution is 5.98. The first kappa shape index (κ1) is 12.4. The number of aromatic nitrogens is 1. The molecule has 1 fully saturated rings. The zero-order chi connectivity index (χ0) is 12.6. The second kappa shape index (κ2) is 4.30. The summed E-state index contributed by atoms with van der Waals surface area (Å²) in [5.41, 5.74) is 3.27. The Labute approximate surface area is 103 Å². The smallest absolute Gasteiger partial charge is 0.178 e. The molecule has 1 N–H and O–H groups in total. The second-order valence-corrected chi connectivity index (χ2v) is 6.04. The van der Waals surface area contributed by atoms with Crippen LogP contribution in [-0.2, 0) is 0 Å². The molecule has 3 heteroatoms. The maximum absolute atomic E-state index is 12.2. The minimum Gasteiger partial charge on any atom is -0.362 e. The molecule has 2 rings (SSSR count). The van der Waals surface area contributed by atoms with E-state index in [0.717, 1.165) is 30.0 Å². The van der Waals surface area contributed by atoms with Crippen LogP contribution in [0.2, 0.25) is 0 Å². The van der Waals surface area contributed by atoms with Gasteiger partial charge in [-0.2, -0.15) is 0 Å². The van der Waals surface area contributed by atoms with E-state index in [0.29, 0.717) is 12.0 Å². The Morgan fingerprint density at radius 2 is 2.18 bits per heavy atom. The molecule has 1 aromatic rings. The summed E-state index contributed by atoms with van der Waals surface area (Å²) in [6.45, 7) is 11.1. The monoisotopic (exact) mass is 234 g/mol. The van der Waals surface area contributed by atoms with Crippen LogP contribution in [0.3, 0.4) is 0 Å². The minimum absolute atomic E-state index is 0.240. The van der Waals surface area contributed by atoms with Gasteiger partial charge in [0.2, 0.25) is 0 Å². The first-order chi connectivity index (χ1) is 7.87. The molecule has 0 spiro atoms. The molecule has 0 bridgehead atoms. The minimum atomic E-state index is 0.240. The van der Waals surface area contributed by atoms with Gasteiger partial charge in [0.25, 0.3) is 0 Å². The van der Waals surface area contributed by atoms with Gasteiger partial charge < -0.3 is 4.98 Å².